The molecular weight excluding hydrogens is 194 g/mol. The molecule has 5 nitrogen and oxygen atoms in total. The fourth-order valence-electron chi connectivity index (χ4n) is 1.10. The summed E-state index contributed by atoms with van der Waals surface area (Å²) in [6.45, 7) is 5.77. The van der Waals surface area contributed by atoms with Gasteiger partial charge in [0, 0.05) is 5.92 Å². The molecule has 82 valence electrons. The van der Waals surface area contributed by atoms with Crippen LogP contribution in [0, 0.1) is 5.92 Å². The maximum atomic E-state index is 8.63. The molecule has 0 aromatic rings. The SMILES string of the molecule is CC(C)C[N+](C)(C)C.O=S(=O)([O-])O. The number of rotatable bonds is 2. The highest BCUT2D eigenvalue weighted by molar-refractivity contribution is 7.79. The lowest BCUT2D eigenvalue weighted by molar-refractivity contribution is -0.873. The molecule has 0 amide bonds. The van der Waals surface area contributed by atoms with Gasteiger partial charge in [0.15, 0.2) is 0 Å². The second-order valence-corrected chi connectivity index (χ2v) is 5.15. The van der Waals surface area contributed by atoms with Crippen molar-refractivity contribution >= 4 is 10.4 Å². The van der Waals surface area contributed by atoms with E-state index in [2.05, 4.69) is 35.0 Å². The molecule has 0 aliphatic heterocycles. The fraction of sp³-hybridized carbons (Fsp3) is 1.00. The Bertz CT molecular complexity index is 207. The maximum absolute atomic E-state index is 8.63. The summed E-state index contributed by atoms with van der Waals surface area (Å²) in [4.78, 5) is 0. The van der Waals surface area contributed by atoms with E-state index in [1.807, 2.05) is 0 Å². The number of nitrogens with zero attached hydrogens (tertiary/aromatic N) is 1. The van der Waals surface area contributed by atoms with Crippen molar-refractivity contribution in [2.75, 3.05) is 27.7 Å². The number of quaternary nitrogens is 1. The van der Waals surface area contributed by atoms with Gasteiger partial charge in [-0.25, -0.2) is 8.42 Å². The third-order valence-corrected chi connectivity index (χ3v) is 0.913. The van der Waals surface area contributed by atoms with Crippen molar-refractivity contribution in [3.63, 3.8) is 0 Å². The third-order valence-electron chi connectivity index (χ3n) is 0.913. The van der Waals surface area contributed by atoms with E-state index in [9.17, 15) is 0 Å². The van der Waals surface area contributed by atoms with E-state index in [1.165, 1.54) is 6.54 Å². The topological polar surface area (TPSA) is 77.4 Å². The molecule has 0 aromatic carbocycles. The first-order valence-electron chi connectivity index (χ1n) is 3.90. The molecule has 6 heteroatoms. The molecule has 0 spiro atoms. The fourth-order valence-corrected chi connectivity index (χ4v) is 1.10. The molecular formula is C7H19NO4S. The first kappa shape index (κ1) is 15.3. The van der Waals surface area contributed by atoms with Crippen LogP contribution in [0.3, 0.4) is 0 Å². The Morgan fingerprint density at radius 1 is 1.31 bits per heavy atom. The van der Waals surface area contributed by atoms with Crippen molar-refractivity contribution in [2.45, 2.75) is 13.8 Å². The van der Waals surface area contributed by atoms with E-state index in [0.717, 1.165) is 10.4 Å². The van der Waals surface area contributed by atoms with E-state index in [0.29, 0.717) is 0 Å². The summed E-state index contributed by atoms with van der Waals surface area (Å²) in [7, 11) is 1.75. The zero-order chi connectivity index (χ0) is 11.3. The molecule has 0 bridgehead atoms. The summed E-state index contributed by atoms with van der Waals surface area (Å²) in [5, 5.41) is 0. The first-order valence-corrected chi connectivity index (χ1v) is 5.27. The van der Waals surface area contributed by atoms with Crippen molar-refractivity contribution in [2.24, 2.45) is 5.92 Å². The molecule has 0 saturated heterocycles. The van der Waals surface area contributed by atoms with Crippen LogP contribution in [0.15, 0.2) is 0 Å². The van der Waals surface area contributed by atoms with Crippen molar-refractivity contribution in [1.82, 2.24) is 0 Å². The van der Waals surface area contributed by atoms with Crippen LogP contribution in [0.2, 0.25) is 0 Å². The Balaban J connectivity index is 0. The summed E-state index contributed by atoms with van der Waals surface area (Å²) in [5.74, 6) is 0.815. The molecule has 0 rings (SSSR count). The monoisotopic (exact) mass is 213 g/mol. The van der Waals surface area contributed by atoms with Gasteiger partial charge in [0.1, 0.15) is 0 Å². The Kier molecular flexibility index (Phi) is 6.52. The zero-order valence-corrected chi connectivity index (χ0v) is 9.63. The summed E-state index contributed by atoms with van der Waals surface area (Å²) in [6.07, 6.45) is 0. The molecule has 0 radical (unpaired) electrons. The molecule has 0 aliphatic carbocycles. The average Bonchev–Trinajstić information content (AvgIpc) is 1.47. The van der Waals surface area contributed by atoms with Gasteiger partial charge in [-0.3, -0.25) is 4.55 Å². The molecule has 0 fully saturated rings. The highest BCUT2D eigenvalue weighted by Crippen LogP contribution is 1.98. The van der Waals surface area contributed by atoms with Gasteiger partial charge < -0.3 is 9.04 Å². The standard InChI is InChI=1S/C7H18N.H2O4S/c1-7(2)6-8(3,4)5;1-5(2,3)4/h7H,6H2,1-5H3;(H2,1,2,3,4)/q+1;/p-1. The average molecular weight is 213 g/mol. The summed E-state index contributed by atoms with van der Waals surface area (Å²) < 4.78 is 33.9. The van der Waals surface area contributed by atoms with Crippen molar-refractivity contribution in [1.29, 1.82) is 0 Å². The predicted octanol–water partition coefficient (Wildman–Crippen LogP) is 0.353. The van der Waals surface area contributed by atoms with Gasteiger partial charge in [0.2, 0.25) is 10.4 Å². The van der Waals surface area contributed by atoms with E-state index in [-0.39, 0.29) is 0 Å². The Morgan fingerprint density at radius 2 is 1.54 bits per heavy atom. The molecule has 0 aromatic heterocycles. The van der Waals surface area contributed by atoms with Gasteiger partial charge in [-0.15, -0.1) is 0 Å². The normalized spacial score (nSPS) is 12.3. The van der Waals surface area contributed by atoms with Gasteiger partial charge in [-0.1, -0.05) is 13.8 Å². The lowest BCUT2D eigenvalue weighted by atomic mass is 10.2. The van der Waals surface area contributed by atoms with Gasteiger partial charge >= 0.3 is 0 Å². The molecule has 1 N–H and O–H groups in total. The highest BCUT2D eigenvalue weighted by atomic mass is 32.3. The van der Waals surface area contributed by atoms with Crippen molar-refractivity contribution in [3.8, 4) is 0 Å². The number of hydrogen-bond donors (Lipinski definition) is 1. The van der Waals surface area contributed by atoms with Crippen LogP contribution >= 0.6 is 0 Å². The van der Waals surface area contributed by atoms with Crippen LogP contribution in [-0.4, -0.2) is 49.7 Å². The lowest BCUT2D eigenvalue weighted by Gasteiger charge is -2.25. The van der Waals surface area contributed by atoms with E-state index >= 15 is 0 Å². The maximum Gasteiger partial charge on any atom is 0.215 e. The highest BCUT2D eigenvalue weighted by Gasteiger charge is 2.08. The van der Waals surface area contributed by atoms with Crippen LogP contribution < -0.4 is 0 Å². The van der Waals surface area contributed by atoms with Gasteiger partial charge in [-0.2, -0.15) is 0 Å². The van der Waals surface area contributed by atoms with Gasteiger partial charge in [-0.05, 0) is 0 Å². The van der Waals surface area contributed by atoms with Crippen molar-refractivity contribution < 1.29 is 22.0 Å². The summed E-state index contributed by atoms with van der Waals surface area (Å²) in [5.41, 5.74) is 0. The summed E-state index contributed by atoms with van der Waals surface area (Å²) >= 11 is 0. The van der Waals surface area contributed by atoms with E-state index < -0.39 is 10.4 Å². The first-order chi connectivity index (χ1) is 5.42. The minimum absolute atomic E-state index is 0.815. The largest absolute Gasteiger partial charge is 0.726 e. The Hall–Kier alpha value is -0.170. The zero-order valence-electron chi connectivity index (χ0n) is 8.81. The van der Waals surface area contributed by atoms with E-state index in [4.69, 9.17) is 17.5 Å². The minimum atomic E-state index is -4.92. The van der Waals surface area contributed by atoms with E-state index in [1.54, 1.807) is 0 Å². The quantitative estimate of drug-likeness (QED) is 0.408. The van der Waals surface area contributed by atoms with Gasteiger partial charge in [0.05, 0.1) is 27.7 Å². The molecule has 0 unspecified atom stereocenters. The smallest absolute Gasteiger partial charge is 0.215 e. The molecule has 0 atom stereocenters. The Morgan fingerprint density at radius 3 is 1.54 bits per heavy atom. The molecule has 0 heterocycles. The number of hydrogen-bond acceptors (Lipinski definition) is 3. The Labute approximate surface area is 80.5 Å². The molecule has 13 heavy (non-hydrogen) atoms. The van der Waals surface area contributed by atoms with Crippen LogP contribution in [0.25, 0.3) is 0 Å². The van der Waals surface area contributed by atoms with Gasteiger partial charge in [0.25, 0.3) is 0 Å². The second-order valence-electron chi connectivity index (χ2n) is 4.29. The van der Waals surface area contributed by atoms with Crippen LogP contribution in [0.4, 0.5) is 0 Å². The van der Waals surface area contributed by atoms with Crippen LogP contribution in [-0.2, 0) is 10.4 Å². The summed E-state index contributed by atoms with van der Waals surface area (Å²) in [6, 6.07) is 0. The predicted molar refractivity (Wildman–Crippen MR) is 50.1 cm³/mol. The lowest BCUT2D eigenvalue weighted by Crippen LogP contribution is -2.37. The van der Waals surface area contributed by atoms with Crippen molar-refractivity contribution in [3.05, 3.63) is 0 Å². The minimum Gasteiger partial charge on any atom is -0.726 e. The van der Waals surface area contributed by atoms with Crippen LogP contribution in [0.5, 0.6) is 0 Å². The molecule has 0 aliphatic rings. The second kappa shape index (κ2) is 5.54. The molecule has 0 saturated carbocycles. The third kappa shape index (κ3) is 49.0. The van der Waals surface area contributed by atoms with Crippen LogP contribution in [0.1, 0.15) is 13.8 Å².